The van der Waals surface area contributed by atoms with Crippen LogP contribution in [0.5, 0.6) is 0 Å². The van der Waals surface area contributed by atoms with Crippen molar-refractivity contribution in [3.8, 4) is 0 Å². The minimum atomic E-state index is -0.347. The highest BCUT2D eigenvalue weighted by Crippen LogP contribution is 2.27. The number of nitrogens with zero attached hydrogens (tertiary/aromatic N) is 4. The van der Waals surface area contributed by atoms with Crippen LogP contribution < -0.4 is 10.6 Å². The van der Waals surface area contributed by atoms with E-state index in [1.54, 1.807) is 41.4 Å². The second-order valence-corrected chi connectivity index (χ2v) is 9.65. The number of anilines is 3. The molecule has 2 amide bonds. The first-order valence-corrected chi connectivity index (χ1v) is 12.5. The molecule has 0 aliphatic carbocycles. The van der Waals surface area contributed by atoms with Gasteiger partial charge in [-0.1, -0.05) is 6.07 Å². The average Bonchev–Trinajstić information content (AvgIpc) is 3.20. The Labute approximate surface area is 223 Å². The van der Waals surface area contributed by atoms with Crippen molar-refractivity contribution in [2.45, 2.75) is 33.4 Å². The molecule has 0 saturated carbocycles. The van der Waals surface area contributed by atoms with Gasteiger partial charge in [-0.3, -0.25) is 19.4 Å². The number of nitrogens with one attached hydrogen (secondary N) is 2. The molecular formula is C27H27BrN6O3. The summed E-state index contributed by atoms with van der Waals surface area (Å²) >= 11 is 3.28. The number of aromatic nitrogens is 3. The Balaban J connectivity index is 1.54. The van der Waals surface area contributed by atoms with E-state index >= 15 is 0 Å². The number of amides is 2. The molecule has 190 valence electrons. The maximum Gasteiger partial charge on any atom is 0.245 e. The summed E-state index contributed by atoms with van der Waals surface area (Å²) in [5.74, 6) is -0.289. The van der Waals surface area contributed by atoms with E-state index in [4.69, 9.17) is 0 Å². The first kappa shape index (κ1) is 26.0. The van der Waals surface area contributed by atoms with Crippen LogP contribution in [0.3, 0.4) is 0 Å². The molecule has 3 heterocycles. The molecule has 37 heavy (non-hydrogen) atoms. The summed E-state index contributed by atoms with van der Waals surface area (Å²) in [5.41, 5.74) is 2.90. The molecule has 10 heteroatoms. The first-order chi connectivity index (χ1) is 17.7. The lowest BCUT2D eigenvalue weighted by atomic mass is 10.1. The molecule has 0 fully saturated rings. The smallest absolute Gasteiger partial charge is 0.245 e. The van der Waals surface area contributed by atoms with Crippen molar-refractivity contribution in [2.75, 3.05) is 17.2 Å². The highest BCUT2D eigenvalue weighted by molar-refractivity contribution is 9.10. The number of hydrogen-bond donors (Lipinski definition) is 2. The summed E-state index contributed by atoms with van der Waals surface area (Å²) in [6.07, 6.45) is 5.10. The monoisotopic (exact) mass is 562 g/mol. The van der Waals surface area contributed by atoms with Gasteiger partial charge in [0.2, 0.25) is 11.8 Å². The van der Waals surface area contributed by atoms with E-state index in [-0.39, 0.29) is 36.7 Å². The summed E-state index contributed by atoms with van der Waals surface area (Å²) in [7, 11) is 0. The van der Waals surface area contributed by atoms with Gasteiger partial charge in [-0.25, -0.2) is 4.98 Å². The van der Waals surface area contributed by atoms with E-state index in [0.717, 1.165) is 22.3 Å². The number of halogens is 1. The molecule has 0 radical (unpaired) electrons. The van der Waals surface area contributed by atoms with Crippen molar-refractivity contribution < 1.29 is 14.4 Å². The Bertz CT molecular complexity index is 1450. The van der Waals surface area contributed by atoms with Gasteiger partial charge in [0.15, 0.2) is 5.78 Å². The maximum absolute atomic E-state index is 13.3. The number of Topliss-reactive ketones (excluding diaryl/α,β-unsaturated/α-hetero) is 1. The van der Waals surface area contributed by atoms with Crippen molar-refractivity contribution >= 4 is 61.6 Å². The number of pyridine rings is 2. The van der Waals surface area contributed by atoms with E-state index in [1.165, 1.54) is 11.8 Å². The zero-order valence-electron chi connectivity index (χ0n) is 20.7. The lowest BCUT2D eigenvalue weighted by molar-refractivity contribution is -0.136. The van der Waals surface area contributed by atoms with Crippen LogP contribution in [-0.2, 0) is 16.1 Å². The van der Waals surface area contributed by atoms with E-state index in [2.05, 4.69) is 36.5 Å². The fourth-order valence-corrected chi connectivity index (χ4v) is 4.34. The zero-order valence-corrected chi connectivity index (χ0v) is 22.3. The molecule has 0 saturated heterocycles. The van der Waals surface area contributed by atoms with Crippen LogP contribution in [-0.4, -0.2) is 49.6 Å². The van der Waals surface area contributed by atoms with Crippen molar-refractivity contribution in [3.05, 3.63) is 77.3 Å². The van der Waals surface area contributed by atoms with Crippen molar-refractivity contribution in [1.82, 2.24) is 19.4 Å². The normalized spacial score (nSPS) is 10.9. The van der Waals surface area contributed by atoms with Crippen LogP contribution in [0.4, 0.5) is 17.2 Å². The van der Waals surface area contributed by atoms with E-state index in [0.29, 0.717) is 16.0 Å². The third kappa shape index (κ3) is 6.39. The second-order valence-electron chi connectivity index (χ2n) is 8.83. The summed E-state index contributed by atoms with van der Waals surface area (Å²) in [5, 5.41) is 6.74. The molecular weight excluding hydrogens is 536 g/mol. The maximum atomic E-state index is 13.3. The van der Waals surface area contributed by atoms with Gasteiger partial charge in [-0.15, -0.1) is 0 Å². The molecule has 2 N–H and O–H groups in total. The van der Waals surface area contributed by atoms with Gasteiger partial charge >= 0.3 is 0 Å². The van der Waals surface area contributed by atoms with Crippen LogP contribution in [0.1, 0.15) is 31.1 Å². The van der Waals surface area contributed by atoms with Crippen LogP contribution >= 0.6 is 15.9 Å². The van der Waals surface area contributed by atoms with Crippen LogP contribution in [0.25, 0.3) is 10.9 Å². The van der Waals surface area contributed by atoms with Gasteiger partial charge in [-0.2, -0.15) is 0 Å². The Hall–Kier alpha value is -4.05. The largest absolute Gasteiger partial charge is 0.354 e. The van der Waals surface area contributed by atoms with Crippen molar-refractivity contribution in [1.29, 1.82) is 0 Å². The summed E-state index contributed by atoms with van der Waals surface area (Å²) in [6, 6.07) is 14.4. The third-order valence-corrected chi connectivity index (χ3v) is 6.20. The number of carbonyl (C=O) groups excluding carboxylic acids is 3. The fraction of sp³-hybridized carbons (Fsp3) is 0.222. The quantitative estimate of drug-likeness (QED) is 0.219. The van der Waals surface area contributed by atoms with Gasteiger partial charge < -0.3 is 20.1 Å². The summed E-state index contributed by atoms with van der Waals surface area (Å²) < 4.78 is 2.35. The molecule has 0 spiro atoms. The summed E-state index contributed by atoms with van der Waals surface area (Å²) in [6.45, 7) is 5.08. The van der Waals surface area contributed by atoms with Crippen molar-refractivity contribution in [3.63, 3.8) is 0 Å². The highest BCUT2D eigenvalue weighted by atomic mass is 79.9. The van der Waals surface area contributed by atoms with E-state index in [9.17, 15) is 14.4 Å². The predicted molar refractivity (Wildman–Crippen MR) is 147 cm³/mol. The number of rotatable bonds is 9. The number of ketones is 1. The first-order valence-electron chi connectivity index (χ1n) is 11.7. The minimum absolute atomic E-state index is 0.0141. The van der Waals surface area contributed by atoms with E-state index < -0.39 is 0 Å². The minimum Gasteiger partial charge on any atom is -0.354 e. The number of carbonyl (C=O) groups is 3. The van der Waals surface area contributed by atoms with Gasteiger partial charge in [0, 0.05) is 40.6 Å². The Morgan fingerprint density at radius 2 is 1.89 bits per heavy atom. The SMILES string of the molecule is CC(=O)c1cn(CC(=O)N(CC(=O)Nc2cccc(Br)n2)C(C)C)c2ccc(Nc3cccnc3)cc12. The molecule has 9 nitrogen and oxygen atoms in total. The molecule has 4 aromatic rings. The molecule has 3 aromatic heterocycles. The molecule has 0 unspecified atom stereocenters. The Morgan fingerprint density at radius 1 is 1.08 bits per heavy atom. The van der Waals surface area contributed by atoms with Crippen molar-refractivity contribution in [2.24, 2.45) is 0 Å². The zero-order chi connectivity index (χ0) is 26.5. The van der Waals surface area contributed by atoms with Gasteiger partial charge in [-0.05, 0) is 79.2 Å². The molecule has 0 aliphatic heterocycles. The second kappa shape index (κ2) is 11.3. The summed E-state index contributed by atoms with van der Waals surface area (Å²) in [4.78, 5) is 48.2. The Kier molecular flexibility index (Phi) is 7.98. The lowest BCUT2D eigenvalue weighted by Gasteiger charge is -2.26. The average molecular weight is 563 g/mol. The lowest BCUT2D eigenvalue weighted by Crippen LogP contribution is -2.43. The predicted octanol–water partition coefficient (Wildman–Crippen LogP) is 5.02. The number of benzene rings is 1. The molecule has 0 aliphatic rings. The van der Waals surface area contributed by atoms with Gasteiger partial charge in [0.1, 0.15) is 23.5 Å². The van der Waals surface area contributed by atoms with Crippen LogP contribution in [0.2, 0.25) is 0 Å². The topological polar surface area (TPSA) is 109 Å². The van der Waals surface area contributed by atoms with Gasteiger partial charge in [0.05, 0.1) is 11.9 Å². The Morgan fingerprint density at radius 3 is 2.57 bits per heavy atom. The molecule has 1 aromatic carbocycles. The number of fused-ring (bicyclic) bond motifs is 1. The standard InChI is InChI=1S/C27H27BrN6O3/c1-17(2)34(15-26(36)32-25-8-4-7-24(28)31-25)27(37)16-33-14-22(18(3)35)21-12-19(9-10-23(21)33)30-20-6-5-11-29-13-20/h4-14,17,30H,15-16H2,1-3H3,(H,31,32,36). The number of hydrogen-bond acceptors (Lipinski definition) is 6. The fourth-order valence-electron chi connectivity index (χ4n) is 4.00. The molecule has 0 atom stereocenters. The molecule has 4 rings (SSSR count). The highest BCUT2D eigenvalue weighted by Gasteiger charge is 2.22. The van der Waals surface area contributed by atoms with Crippen LogP contribution in [0, 0.1) is 0 Å². The van der Waals surface area contributed by atoms with Gasteiger partial charge in [0.25, 0.3) is 0 Å². The molecule has 0 bridgehead atoms. The van der Waals surface area contributed by atoms with Crippen LogP contribution in [0.15, 0.2) is 71.7 Å². The third-order valence-electron chi connectivity index (χ3n) is 5.76. The van der Waals surface area contributed by atoms with E-state index in [1.807, 2.05) is 44.2 Å².